The quantitative estimate of drug-likeness (QED) is 0.841. The van der Waals surface area contributed by atoms with Crippen LogP contribution in [-0.4, -0.2) is 54.2 Å². The second kappa shape index (κ2) is 4.70. The van der Waals surface area contributed by atoms with Crippen LogP contribution in [0.4, 0.5) is 10.5 Å². The van der Waals surface area contributed by atoms with Crippen molar-refractivity contribution in [3.63, 3.8) is 0 Å². The standard InChI is InChI=1S/C14H17N3O3/c1-9-2-3-11(13(18)19)12(6-9)16-4-5-17-10(8-16)7-15-14(17)20/h2-3,6,10H,4-5,7-8H2,1H3,(H,15,20)(H,18,19). The molecule has 0 spiro atoms. The normalized spacial score (nSPS) is 21.6. The van der Waals surface area contributed by atoms with E-state index in [9.17, 15) is 14.7 Å². The molecule has 0 radical (unpaired) electrons. The molecule has 1 unspecified atom stereocenters. The van der Waals surface area contributed by atoms with Crippen molar-refractivity contribution < 1.29 is 14.7 Å². The topological polar surface area (TPSA) is 72.9 Å². The summed E-state index contributed by atoms with van der Waals surface area (Å²) in [4.78, 5) is 26.8. The van der Waals surface area contributed by atoms with Gasteiger partial charge >= 0.3 is 12.0 Å². The lowest BCUT2D eigenvalue weighted by atomic mass is 10.1. The minimum Gasteiger partial charge on any atom is -0.478 e. The average molecular weight is 275 g/mol. The molecule has 2 fully saturated rings. The van der Waals surface area contributed by atoms with Crippen LogP contribution in [0.3, 0.4) is 0 Å². The number of benzene rings is 1. The molecule has 1 aromatic carbocycles. The fourth-order valence-electron chi connectivity index (χ4n) is 2.91. The van der Waals surface area contributed by atoms with E-state index >= 15 is 0 Å². The predicted octanol–water partition coefficient (Wildman–Crippen LogP) is 0.907. The number of nitrogens with zero attached hydrogens (tertiary/aromatic N) is 2. The molecular weight excluding hydrogens is 258 g/mol. The number of amides is 2. The van der Waals surface area contributed by atoms with E-state index in [1.807, 2.05) is 24.0 Å². The van der Waals surface area contributed by atoms with Crippen LogP contribution < -0.4 is 10.2 Å². The van der Waals surface area contributed by atoms with Gasteiger partial charge in [-0.3, -0.25) is 0 Å². The van der Waals surface area contributed by atoms with Crippen LogP contribution in [-0.2, 0) is 0 Å². The van der Waals surface area contributed by atoms with E-state index in [2.05, 4.69) is 10.2 Å². The molecule has 1 aromatic rings. The average Bonchev–Trinajstić information content (AvgIpc) is 2.79. The van der Waals surface area contributed by atoms with E-state index in [0.29, 0.717) is 31.7 Å². The van der Waals surface area contributed by atoms with Gasteiger partial charge in [0, 0.05) is 26.2 Å². The fraction of sp³-hybridized carbons (Fsp3) is 0.429. The summed E-state index contributed by atoms with van der Waals surface area (Å²) >= 11 is 0. The van der Waals surface area contributed by atoms with Gasteiger partial charge in [-0.1, -0.05) is 6.07 Å². The van der Waals surface area contributed by atoms with Gasteiger partial charge in [-0.15, -0.1) is 0 Å². The van der Waals surface area contributed by atoms with Crippen molar-refractivity contribution in [2.45, 2.75) is 13.0 Å². The van der Waals surface area contributed by atoms with Crippen molar-refractivity contribution in [2.75, 3.05) is 31.1 Å². The lowest BCUT2D eigenvalue weighted by molar-refractivity contribution is 0.0697. The Labute approximate surface area is 117 Å². The SMILES string of the molecule is Cc1ccc(C(=O)O)c(N2CCN3C(=O)NCC3C2)c1. The molecule has 6 heteroatoms. The molecule has 6 nitrogen and oxygen atoms in total. The summed E-state index contributed by atoms with van der Waals surface area (Å²) in [5.41, 5.74) is 2.10. The summed E-state index contributed by atoms with van der Waals surface area (Å²) < 4.78 is 0. The van der Waals surface area contributed by atoms with E-state index in [1.54, 1.807) is 6.07 Å². The lowest BCUT2D eigenvalue weighted by Crippen LogP contribution is -2.52. The maximum absolute atomic E-state index is 11.6. The second-order valence-electron chi connectivity index (χ2n) is 5.31. The minimum absolute atomic E-state index is 0.0163. The Morgan fingerprint density at radius 2 is 2.20 bits per heavy atom. The molecule has 2 saturated heterocycles. The molecule has 2 N–H and O–H groups in total. The first kappa shape index (κ1) is 12.8. The summed E-state index contributed by atoms with van der Waals surface area (Å²) in [7, 11) is 0. The molecule has 0 saturated carbocycles. The number of anilines is 1. The smallest absolute Gasteiger partial charge is 0.337 e. The third-order valence-corrected chi connectivity index (χ3v) is 3.96. The van der Waals surface area contributed by atoms with Crippen molar-refractivity contribution in [1.82, 2.24) is 10.2 Å². The van der Waals surface area contributed by atoms with Crippen molar-refractivity contribution in [1.29, 1.82) is 0 Å². The van der Waals surface area contributed by atoms with Crippen LogP contribution in [0.15, 0.2) is 18.2 Å². The molecule has 2 amide bonds. The third kappa shape index (κ3) is 2.07. The van der Waals surface area contributed by atoms with Gasteiger partial charge < -0.3 is 20.2 Å². The molecule has 2 aliphatic rings. The maximum atomic E-state index is 11.6. The van der Waals surface area contributed by atoms with Gasteiger partial charge in [-0.05, 0) is 24.6 Å². The first-order valence-corrected chi connectivity index (χ1v) is 6.69. The van der Waals surface area contributed by atoms with Crippen LogP contribution in [0, 0.1) is 6.92 Å². The van der Waals surface area contributed by atoms with Crippen LogP contribution in [0.1, 0.15) is 15.9 Å². The Balaban J connectivity index is 1.89. The molecule has 106 valence electrons. The number of urea groups is 1. The highest BCUT2D eigenvalue weighted by Crippen LogP contribution is 2.26. The summed E-state index contributed by atoms with van der Waals surface area (Å²) in [6.45, 7) is 4.54. The van der Waals surface area contributed by atoms with Gasteiger partial charge in [0.2, 0.25) is 0 Å². The van der Waals surface area contributed by atoms with E-state index < -0.39 is 5.97 Å². The number of carboxylic acid groups (broad SMARTS) is 1. The van der Waals surface area contributed by atoms with Gasteiger partial charge in [0.25, 0.3) is 0 Å². The third-order valence-electron chi connectivity index (χ3n) is 3.96. The maximum Gasteiger partial charge on any atom is 0.337 e. The molecule has 2 aliphatic heterocycles. The molecule has 3 rings (SSSR count). The highest BCUT2D eigenvalue weighted by atomic mass is 16.4. The van der Waals surface area contributed by atoms with E-state index in [4.69, 9.17) is 0 Å². The van der Waals surface area contributed by atoms with E-state index in [1.165, 1.54) is 0 Å². The highest BCUT2D eigenvalue weighted by Gasteiger charge is 2.36. The van der Waals surface area contributed by atoms with Crippen LogP contribution in [0.25, 0.3) is 0 Å². The van der Waals surface area contributed by atoms with E-state index in [0.717, 1.165) is 11.3 Å². The molecule has 2 heterocycles. The monoisotopic (exact) mass is 275 g/mol. The van der Waals surface area contributed by atoms with E-state index in [-0.39, 0.29) is 12.1 Å². The number of carbonyl (C=O) groups is 2. The van der Waals surface area contributed by atoms with Gasteiger partial charge in [0.15, 0.2) is 0 Å². The Morgan fingerprint density at radius 3 is 2.95 bits per heavy atom. The minimum atomic E-state index is -0.914. The van der Waals surface area contributed by atoms with Crippen LogP contribution >= 0.6 is 0 Å². The zero-order valence-corrected chi connectivity index (χ0v) is 11.3. The van der Waals surface area contributed by atoms with Gasteiger partial charge in [0.05, 0.1) is 17.3 Å². The number of aryl methyl sites for hydroxylation is 1. The number of nitrogens with one attached hydrogen (secondary N) is 1. The Bertz CT molecular complexity index is 573. The lowest BCUT2D eigenvalue weighted by Gasteiger charge is -2.38. The highest BCUT2D eigenvalue weighted by molar-refractivity contribution is 5.94. The van der Waals surface area contributed by atoms with Crippen molar-refractivity contribution in [3.8, 4) is 0 Å². The summed E-state index contributed by atoms with van der Waals surface area (Å²) in [6.07, 6.45) is 0. The number of hydrogen-bond donors (Lipinski definition) is 2. The number of fused-ring (bicyclic) bond motifs is 1. The van der Waals surface area contributed by atoms with Gasteiger partial charge in [-0.2, -0.15) is 0 Å². The number of aromatic carboxylic acids is 1. The zero-order chi connectivity index (χ0) is 14.3. The van der Waals surface area contributed by atoms with Crippen LogP contribution in [0.2, 0.25) is 0 Å². The fourth-order valence-corrected chi connectivity index (χ4v) is 2.91. The molecule has 0 bridgehead atoms. The first-order valence-electron chi connectivity index (χ1n) is 6.69. The molecular formula is C14H17N3O3. The zero-order valence-electron chi connectivity index (χ0n) is 11.3. The molecule has 1 atom stereocenters. The molecule has 0 aromatic heterocycles. The first-order chi connectivity index (χ1) is 9.56. The number of hydrogen-bond acceptors (Lipinski definition) is 3. The van der Waals surface area contributed by atoms with Crippen molar-refractivity contribution in [3.05, 3.63) is 29.3 Å². The second-order valence-corrected chi connectivity index (χ2v) is 5.31. The Hall–Kier alpha value is -2.24. The number of rotatable bonds is 2. The van der Waals surface area contributed by atoms with Crippen LogP contribution in [0.5, 0.6) is 0 Å². The van der Waals surface area contributed by atoms with Gasteiger partial charge in [0.1, 0.15) is 0 Å². The summed E-state index contributed by atoms with van der Waals surface area (Å²) in [5, 5.41) is 12.1. The van der Waals surface area contributed by atoms with Crippen molar-refractivity contribution >= 4 is 17.7 Å². The number of piperazine rings is 1. The largest absolute Gasteiger partial charge is 0.478 e. The Morgan fingerprint density at radius 1 is 1.40 bits per heavy atom. The Kier molecular flexibility index (Phi) is 3.00. The number of carboxylic acids is 1. The summed E-state index contributed by atoms with van der Waals surface area (Å²) in [6, 6.07) is 5.47. The molecule has 0 aliphatic carbocycles. The predicted molar refractivity (Wildman–Crippen MR) is 74.2 cm³/mol. The summed E-state index contributed by atoms with van der Waals surface area (Å²) in [5.74, 6) is -0.914. The molecule has 20 heavy (non-hydrogen) atoms. The van der Waals surface area contributed by atoms with Crippen molar-refractivity contribution in [2.24, 2.45) is 0 Å². The van der Waals surface area contributed by atoms with Gasteiger partial charge in [-0.25, -0.2) is 9.59 Å². The number of carbonyl (C=O) groups excluding carboxylic acids is 1.